The summed E-state index contributed by atoms with van der Waals surface area (Å²) in [7, 11) is 0. The minimum absolute atomic E-state index is 0.122. The lowest BCUT2D eigenvalue weighted by molar-refractivity contribution is 0.374. The summed E-state index contributed by atoms with van der Waals surface area (Å²) >= 11 is 3.33. The summed E-state index contributed by atoms with van der Waals surface area (Å²) in [5, 5.41) is 3.37. The fraction of sp³-hybridized carbons (Fsp3) is 0.667. The highest BCUT2D eigenvalue weighted by Gasteiger charge is 2.19. The zero-order valence-electron chi connectivity index (χ0n) is 10.6. The van der Waals surface area contributed by atoms with E-state index in [1.807, 2.05) is 0 Å². The normalized spacial score (nSPS) is 16.8. The predicted molar refractivity (Wildman–Crippen MR) is 76.0 cm³/mol. The SMILES string of the molecule is CCN(CC1CCNCC1)c1nc[nH]c(=O)c1Br. The molecule has 0 radical (unpaired) electrons. The number of halogens is 1. The van der Waals surface area contributed by atoms with Crippen LogP contribution >= 0.6 is 15.9 Å². The Morgan fingerprint density at radius 3 is 2.89 bits per heavy atom. The summed E-state index contributed by atoms with van der Waals surface area (Å²) in [4.78, 5) is 20.6. The number of nitrogens with zero attached hydrogens (tertiary/aromatic N) is 2. The van der Waals surface area contributed by atoms with Crippen molar-refractivity contribution in [1.82, 2.24) is 15.3 Å². The number of nitrogens with one attached hydrogen (secondary N) is 2. The van der Waals surface area contributed by atoms with Gasteiger partial charge < -0.3 is 15.2 Å². The van der Waals surface area contributed by atoms with Gasteiger partial charge in [0.2, 0.25) is 0 Å². The summed E-state index contributed by atoms with van der Waals surface area (Å²) in [6.45, 7) is 6.10. The first-order valence-electron chi connectivity index (χ1n) is 6.41. The van der Waals surface area contributed by atoms with Gasteiger partial charge in [0.1, 0.15) is 10.3 Å². The molecule has 2 heterocycles. The van der Waals surface area contributed by atoms with Crippen LogP contribution in [-0.2, 0) is 0 Å². The van der Waals surface area contributed by atoms with Crippen LogP contribution < -0.4 is 15.8 Å². The minimum Gasteiger partial charge on any atom is -0.355 e. The molecule has 1 aliphatic heterocycles. The van der Waals surface area contributed by atoms with Crippen LogP contribution in [-0.4, -0.2) is 36.1 Å². The zero-order chi connectivity index (χ0) is 13.0. The van der Waals surface area contributed by atoms with Gasteiger partial charge in [-0.2, -0.15) is 0 Å². The molecule has 0 saturated carbocycles. The number of piperidine rings is 1. The van der Waals surface area contributed by atoms with Gasteiger partial charge in [0.15, 0.2) is 0 Å². The summed E-state index contributed by atoms with van der Waals surface area (Å²) in [6, 6.07) is 0. The van der Waals surface area contributed by atoms with Crippen LogP contribution in [0.3, 0.4) is 0 Å². The van der Waals surface area contributed by atoms with Gasteiger partial charge in [-0.25, -0.2) is 4.98 Å². The summed E-state index contributed by atoms with van der Waals surface area (Å²) < 4.78 is 0.529. The summed E-state index contributed by atoms with van der Waals surface area (Å²) in [5.74, 6) is 1.43. The van der Waals surface area contributed by atoms with Gasteiger partial charge in [-0.3, -0.25) is 4.79 Å². The molecule has 0 unspecified atom stereocenters. The van der Waals surface area contributed by atoms with E-state index in [1.54, 1.807) is 0 Å². The first-order chi connectivity index (χ1) is 8.72. The van der Waals surface area contributed by atoms with E-state index in [4.69, 9.17) is 0 Å². The molecule has 2 N–H and O–H groups in total. The number of anilines is 1. The molecule has 1 aliphatic rings. The molecule has 0 amide bonds. The number of hydrogen-bond acceptors (Lipinski definition) is 4. The molecule has 0 bridgehead atoms. The maximum atomic E-state index is 11.6. The highest BCUT2D eigenvalue weighted by Crippen LogP contribution is 2.22. The highest BCUT2D eigenvalue weighted by atomic mass is 79.9. The molecular weight excluding hydrogens is 296 g/mol. The molecule has 0 atom stereocenters. The van der Waals surface area contributed by atoms with Crippen molar-refractivity contribution in [3.63, 3.8) is 0 Å². The fourth-order valence-corrected chi connectivity index (χ4v) is 2.80. The zero-order valence-corrected chi connectivity index (χ0v) is 12.2. The second kappa shape index (κ2) is 6.33. The van der Waals surface area contributed by atoms with E-state index >= 15 is 0 Å². The van der Waals surface area contributed by atoms with Gasteiger partial charge in [0.25, 0.3) is 5.56 Å². The van der Waals surface area contributed by atoms with Crippen LogP contribution in [0.5, 0.6) is 0 Å². The van der Waals surface area contributed by atoms with E-state index < -0.39 is 0 Å². The lowest BCUT2D eigenvalue weighted by Gasteiger charge is -2.30. The summed E-state index contributed by atoms with van der Waals surface area (Å²) in [5.41, 5.74) is -0.122. The Hall–Kier alpha value is -0.880. The van der Waals surface area contributed by atoms with E-state index in [9.17, 15) is 4.79 Å². The first kappa shape index (κ1) is 13.5. The van der Waals surface area contributed by atoms with Gasteiger partial charge in [0, 0.05) is 13.1 Å². The second-order valence-corrected chi connectivity index (χ2v) is 5.39. The molecule has 6 heteroatoms. The topological polar surface area (TPSA) is 61.0 Å². The van der Waals surface area contributed by atoms with Crippen LogP contribution in [0.15, 0.2) is 15.6 Å². The monoisotopic (exact) mass is 314 g/mol. The molecule has 5 nitrogen and oxygen atoms in total. The Kier molecular flexibility index (Phi) is 4.77. The Morgan fingerprint density at radius 1 is 1.50 bits per heavy atom. The molecule has 0 spiro atoms. The van der Waals surface area contributed by atoms with E-state index in [0.29, 0.717) is 10.4 Å². The molecule has 18 heavy (non-hydrogen) atoms. The van der Waals surface area contributed by atoms with Crippen LogP contribution in [0, 0.1) is 5.92 Å². The third-order valence-corrected chi connectivity index (χ3v) is 4.11. The molecule has 2 rings (SSSR count). The highest BCUT2D eigenvalue weighted by molar-refractivity contribution is 9.10. The molecule has 0 aromatic carbocycles. The van der Waals surface area contributed by atoms with Gasteiger partial charge in [-0.15, -0.1) is 0 Å². The molecule has 0 aliphatic carbocycles. The standard InChI is InChI=1S/C12H19BrN4O/c1-2-17(7-9-3-5-14-6-4-9)11-10(13)12(18)16-8-15-11/h8-9,14H,2-7H2,1H3,(H,15,16,18). The molecule has 1 saturated heterocycles. The Bertz CT molecular complexity index is 442. The van der Waals surface area contributed by atoms with E-state index in [0.717, 1.165) is 32.0 Å². The number of aromatic amines is 1. The lowest BCUT2D eigenvalue weighted by atomic mass is 9.97. The molecular formula is C12H19BrN4O. The average molecular weight is 315 g/mol. The van der Waals surface area contributed by atoms with Crippen molar-refractivity contribution in [2.45, 2.75) is 19.8 Å². The third kappa shape index (κ3) is 3.11. The van der Waals surface area contributed by atoms with E-state index in [-0.39, 0.29) is 5.56 Å². The van der Waals surface area contributed by atoms with Crippen molar-refractivity contribution in [2.75, 3.05) is 31.1 Å². The Morgan fingerprint density at radius 2 is 2.22 bits per heavy atom. The van der Waals surface area contributed by atoms with Gasteiger partial charge in [-0.1, -0.05) is 0 Å². The largest absolute Gasteiger partial charge is 0.355 e. The maximum Gasteiger partial charge on any atom is 0.267 e. The smallest absolute Gasteiger partial charge is 0.267 e. The molecule has 1 aromatic heterocycles. The van der Waals surface area contributed by atoms with Crippen LogP contribution in [0.1, 0.15) is 19.8 Å². The van der Waals surface area contributed by atoms with E-state index in [2.05, 4.69) is 43.0 Å². The first-order valence-corrected chi connectivity index (χ1v) is 7.20. The molecule has 1 aromatic rings. The lowest BCUT2D eigenvalue weighted by Crippen LogP contribution is -2.37. The van der Waals surface area contributed by atoms with Crippen molar-refractivity contribution < 1.29 is 0 Å². The number of aromatic nitrogens is 2. The number of rotatable bonds is 4. The molecule has 100 valence electrons. The van der Waals surface area contributed by atoms with Crippen LogP contribution in [0.4, 0.5) is 5.82 Å². The van der Waals surface area contributed by atoms with Gasteiger partial charge in [-0.05, 0) is 54.7 Å². The second-order valence-electron chi connectivity index (χ2n) is 4.60. The predicted octanol–water partition coefficient (Wildman–Crippen LogP) is 1.36. The van der Waals surface area contributed by atoms with Crippen molar-refractivity contribution >= 4 is 21.7 Å². The number of hydrogen-bond donors (Lipinski definition) is 2. The van der Waals surface area contributed by atoms with Gasteiger partial charge in [0.05, 0.1) is 6.33 Å². The average Bonchev–Trinajstić information content (AvgIpc) is 2.41. The van der Waals surface area contributed by atoms with Crippen LogP contribution in [0.25, 0.3) is 0 Å². The number of H-pyrrole nitrogens is 1. The Labute approximate surface area is 115 Å². The van der Waals surface area contributed by atoms with Crippen molar-refractivity contribution in [1.29, 1.82) is 0 Å². The van der Waals surface area contributed by atoms with E-state index in [1.165, 1.54) is 19.2 Å². The van der Waals surface area contributed by atoms with Crippen molar-refractivity contribution in [3.8, 4) is 0 Å². The fourth-order valence-electron chi connectivity index (χ4n) is 2.34. The minimum atomic E-state index is -0.122. The summed E-state index contributed by atoms with van der Waals surface area (Å²) in [6.07, 6.45) is 3.85. The third-order valence-electron chi connectivity index (χ3n) is 3.40. The molecule has 1 fully saturated rings. The maximum absolute atomic E-state index is 11.6. The van der Waals surface area contributed by atoms with Crippen molar-refractivity contribution in [3.05, 3.63) is 21.2 Å². The van der Waals surface area contributed by atoms with Gasteiger partial charge >= 0.3 is 0 Å². The van der Waals surface area contributed by atoms with Crippen molar-refractivity contribution in [2.24, 2.45) is 5.92 Å². The quantitative estimate of drug-likeness (QED) is 0.881. The Balaban J connectivity index is 2.12. The van der Waals surface area contributed by atoms with Crippen LogP contribution in [0.2, 0.25) is 0 Å².